The topological polar surface area (TPSA) is 93.5 Å². The molecule has 0 saturated carbocycles. The number of aromatic nitrogens is 2. The first kappa shape index (κ1) is 22.5. The maximum absolute atomic E-state index is 12.9. The number of carbonyl (C=O) groups excluding carboxylic acids is 2. The summed E-state index contributed by atoms with van der Waals surface area (Å²) in [6.45, 7) is 0.283. The van der Waals surface area contributed by atoms with Crippen molar-refractivity contribution in [2.24, 2.45) is 0 Å². The van der Waals surface area contributed by atoms with Crippen molar-refractivity contribution < 1.29 is 32.7 Å². The second-order valence-electron chi connectivity index (χ2n) is 7.52. The number of alkyl halides is 3. The van der Waals surface area contributed by atoms with Crippen molar-refractivity contribution in [3.8, 4) is 22.5 Å². The van der Waals surface area contributed by atoms with Gasteiger partial charge in [0, 0.05) is 36.9 Å². The summed E-state index contributed by atoms with van der Waals surface area (Å²) in [6, 6.07) is 12.2. The summed E-state index contributed by atoms with van der Waals surface area (Å²) in [6.07, 6.45) is -2.20. The predicted molar refractivity (Wildman–Crippen MR) is 112 cm³/mol. The summed E-state index contributed by atoms with van der Waals surface area (Å²) in [5.74, 6) is -2.83. The number of aryl methyl sites for hydroxylation is 1. The zero-order valence-electron chi connectivity index (χ0n) is 17.4. The maximum atomic E-state index is 12.9. The Morgan fingerprint density at radius 2 is 2.00 bits per heavy atom. The molecule has 1 aliphatic heterocycles. The van der Waals surface area contributed by atoms with Crippen LogP contribution < -0.4 is 10.2 Å². The molecule has 0 atom stereocenters. The summed E-state index contributed by atoms with van der Waals surface area (Å²) < 4.78 is 39.5. The fraction of sp³-hybridized carbons (Fsp3) is 0.261. The number of aliphatic hydroxyl groups excluding tert-OH is 1. The van der Waals surface area contributed by atoms with E-state index in [9.17, 15) is 22.8 Å². The first-order valence-electron chi connectivity index (χ1n) is 10.3. The largest absolute Gasteiger partial charge is 0.493 e. The van der Waals surface area contributed by atoms with Crippen molar-refractivity contribution in [3.05, 3.63) is 65.5 Å². The third-order valence-corrected chi connectivity index (χ3v) is 5.26. The van der Waals surface area contributed by atoms with Crippen LogP contribution in [0.25, 0.3) is 22.5 Å². The molecule has 1 amide bonds. The lowest BCUT2D eigenvalue weighted by Crippen LogP contribution is -2.37. The smallest absolute Gasteiger partial charge is 0.396 e. The van der Waals surface area contributed by atoms with Crippen molar-refractivity contribution >= 4 is 11.9 Å². The van der Waals surface area contributed by atoms with E-state index in [0.717, 1.165) is 15.9 Å². The van der Waals surface area contributed by atoms with E-state index in [-0.39, 0.29) is 36.5 Å². The lowest BCUT2D eigenvalue weighted by Gasteiger charge is -2.17. The van der Waals surface area contributed by atoms with Crippen molar-refractivity contribution in [2.75, 3.05) is 13.2 Å². The summed E-state index contributed by atoms with van der Waals surface area (Å²) in [7, 11) is 0. The van der Waals surface area contributed by atoms with E-state index < -0.39 is 18.1 Å². The Balaban J connectivity index is 1.77. The average molecular weight is 459 g/mol. The van der Waals surface area contributed by atoms with Gasteiger partial charge in [-0.3, -0.25) is 9.78 Å². The first-order valence-corrected chi connectivity index (χ1v) is 10.3. The molecular weight excluding hydrogens is 439 g/mol. The molecular formula is C23H20F3N3O4. The number of amides is 1. The fourth-order valence-corrected chi connectivity index (χ4v) is 3.71. The summed E-state index contributed by atoms with van der Waals surface area (Å²) in [5, 5.41) is 11.7. The minimum Gasteiger partial charge on any atom is -0.396 e. The van der Waals surface area contributed by atoms with Crippen molar-refractivity contribution in [2.45, 2.75) is 25.4 Å². The molecule has 0 spiro atoms. The number of carbonyl (C=O) groups is 2. The number of hydrogen-bond donors (Lipinski definition) is 2. The number of nitrogens with one attached hydrogen (secondary N) is 1. The van der Waals surface area contributed by atoms with Gasteiger partial charge in [0.2, 0.25) is 0 Å². The lowest BCUT2D eigenvalue weighted by atomic mass is 10.0. The highest BCUT2D eigenvalue weighted by molar-refractivity contribution is 5.98. The Morgan fingerprint density at radius 3 is 2.76 bits per heavy atom. The average Bonchev–Trinajstić information content (AvgIpc) is 3.17. The third kappa shape index (κ3) is 4.75. The molecule has 7 nitrogen and oxygen atoms in total. The second-order valence-corrected chi connectivity index (χ2v) is 7.52. The number of hydrogen-bond acceptors (Lipinski definition) is 5. The molecule has 0 saturated heterocycles. The van der Waals surface area contributed by atoms with Crippen LogP contribution in [0.1, 0.15) is 28.0 Å². The molecule has 2 N–H and O–H groups in total. The standard InChI is InChI=1S/C23H20F3N3O4/c24-23(25,26)22(32)33-29-19-7-9-28-21(31)17(19)13-20(29)16-6-8-27-18(12-16)15-5-1-3-14(11-15)4-2-10-30/h1,3,5-6,8,11-13,30H,2,4,7,9-10H2,(H,28,31). The van der Waals surface area contributed by atoms with E-state index in [2.05, 4.69) is 15.1 Å². The van der Waals surface area contributed by atoms with Gasteiger partial charge in [-0.1, -0.05) is 18.2 Å². The zero-order chi connectivity index (χ0) is 23.6. The molecule has 3 aromatic rings. The van der Waals surface area contributed by atoms with Gasteiger partial charge < -0.3 is 15.3 Å². The molecule has 2 aromatic heterocycles. The minimum atomic E-state index is -5.19. The van der Waals surface area contributed by atoms with E-state index in [0.29, 0.717) is 24.1 Å². The molecule has 1 aliphatic rings. The second kappa shape index (κ2) is 9.07. The van der Waals surface area contributed by atoms with Crippen LogP contribution in [0, 0.1) is 0 Å². The van der Waals surface area contributed by atoms with Crippen LogP contribution in [-0.2, 0) is 17.6 Å². The van der Waals surface area contributed by atoms with Gasteiger partial charge in [0.1, 0.15) is 0 Å². The van der Waals surface area contributed by atoms with Gasteiger partial charge in [-0.05, 0) is 42.7 Å². The van der Waals surface area contributed by atoms with Crippen molar-refractivity contribution in [3.63, 3.8) is 0 Å². The van der Waals surface area contributed by atoms with Gasteiger partial charge in [-0.2, -0.15) is 17.9 Å². The van der Waals surface area contributed by atoms with Crippen molar-refractivity contribution in [1.82, 2.24) is 15.0 Å². The SMILES string of the molecule is O=C1NCCc2c1cc(-c1ccnc(-c3cccc(CCCO)c3)c1)n2OC(=O)C(F)(F)F. The molecule has 172 valence electrons. The highest BCUT2D eigenvalue weighted by atomic mass is 19.4. The van der Waals surface area contributed by atoms with Crippen LogP contribution >= 0.6 is 0 Å². The zero-order valence-corrected chi connectivity index (χ0v) is 17.4. The number of halogens is 3. The molecule has 4 rings (SSSR count). The highest BCUT2D eigenvalue weighted by Crippen LogP contribution is 2.30. The molecule has 3 heterocycles. The monoisotopic (exact) mass is 459 g/mol. The van der Waals surface area contributed by atoms with Gasteiger partial charge in [0.05, 0.1) is 22.6 Å². The Hall–Kier alpha value is -3.66. The lowest BCUT2D eigenvalue weighted by molar-refractivity contribution is -0.199. The van der Waals surface area contributed by atoms with Crippen LogP contribution in [0.2, 0.25) is 0 Å². The van der Waals surface area contributed by atoms with E-state index in [4.69, 9.17) is 5.11 Å². The molecule has 0 bridgehead atoms. The summed E-state index contributed by atoms with van der Waals surface area (Å²) >= 11 is 0. The van der Waals surface area contributed by atoms with E-state index in [1.807, 2.05) is 24.3 Å². The van der Waals surface area contributed by atoms with Crippen LogP contribution in [0.3, 0.4) is 0 Å². The van der Waals surface area contributed by atoms with Gasteiger partial charge in [-0.25, -0.2) is 4.79 Å². The first-order chi connectivity index (χ1) is 15.8. The van der Waals surface area contributed by atoms with Gasteiger partial charge in [0.15, 0.2) is 0 Å². The number of pyridine rings is 1. The van der Waals surface area contributed by atoms with Crippen LogP contribution in [-0.4, -0.2) is 46.0 Å². The molecule has 0 aliphatic carbocycles. The fourth-order valence-electron chi connectivity index (χ4n) is 3.71. The Labute approximate surface area is 186 Å². The van der Waals surface area contributed by atoms with Crippen LogP contribution in [0.15, 0.2) is 48.7 Å². The van der Waals surface area contributed by atoms with E-state index >= 15 is 0 Å². The Bertz CT molecular complexity index is 1200. The molecule has 10 heteroatoms. The normalized spacial score (nSPS) is 13.4. The van der Waals surface area contributed by atoms with Crippen molar-refractivity contribution in [1.29, 1.82) is 0 Å². The highest BCUT2D eigenvalue weighted by Gasteiger charge is 2.43. The summed E-state index contributed by atoms with van der Waals surface area (Å²) in [5.41, 5.74) is 3.23. The Kier molecular flexibility index (Phi) is 6.19. The number of rotatable bonds is 6. The van der Waals surface area contributed by atoms with Gasteiger partial charge in [0.25, 0.3) is 5.91 Å². The van der Waals surface area contributed by atoms with Gasteiger partial charge in [-0.15, -0.1) is 0 Å². The number of benzene rings is 1. The van der Waals surface area contributed by atoms with Gasteiger partial charge >= 0.3 is 12.1 Å². The van der Waals surface area contributed by atoms with E-state index in [1.54, 1.807) is 12.1 Å². The number of fused-ring (bicyclic) bond motifs is 1. The van der Waals surface area contributed by atoms with Crippen LogP contribution in [0.4, 0.5) is 13.2 Å². The maximum Gasteiger partial charge on any atom is 0.493 e. The third-order valence-electron chi connectivity index (χ3n) is 5.26. The number of aliphatic hydroxyl groups is 1. The number of nitrogens with zero attached hydrogens (tertiary/aromatic N) is 2. The minimum absolute atomic E-state index is 0.0733. The molecule has 0 fully saturated rings. The molecule has 0 radical (unpaired) electrons. The predicted octanol–water partition coefficient (Wildman–Crippen LogP) is 2.95. The van der Waals surface area contributed by atoms with Crippen LogP contribution in [0.5, 0.6) is 0 Å². The molecule has 1 aromatic carbocycles. The molecule has 33 heavy (non-hydrogen) atoms. The van der Waals surface area contributed by atoms with E-state index in [1.165, 1.54) is 12.3 Å². The summed E-state index contributed by atoms with van der Waals surface area (Å²) in [4.78, 5) is 32.9. The molecule has 0 unspecified atom stereocenters. The Morgan fingerprint density at radius 1 is 1.18 bits per heavy atom. The quantitative estimate of drug-likeness (QED) is 0.591.